The van der Waals surface area contributed by atoms with Crippen LogP contribution >= 0.6 is 35.6 Å². The molecule has 0 radical (unpaired) electrons. The highest BCUT2D eigenvalue weighted by atomic mass is 127. The zero-order valence-corrected chi connectivity index (χ0v) is 18.2. The van der Waals surface area contributed by atoms with Crippen molar-refractivity contribution in [3.63, 3.8) is 0 Å². The van der Waals surface area contributed by atoms with Crippen LogP contribution in [0, 0.1) is 5.41 Å². The van der Waals surface area contributed by atoms with Gasteiger partial charge in [-0.3, -0.25) is 4.99 Å². The Kier molecular flexibility index (Phi) is 8.87. The second-order valence-electron chi connectivity index (χ2n) is 6.53. The van der Waals surface area contributed by atoms with Crippen molar-refractivity contribution in [1.82, 2.24) is 14.8 Å². The molecule has 1 N–H and O–H groups in total. The van der Waals surface area contributed by atoms with Crippen molar-refractivity contribution in [2.75, 3.05) is 33.9 Å². The van der Waals surface area contributed by atoms with Crippen LogP contribution in [0.4, 0.5) is 0 Å². The van der Waals surface area contributed by atoms with Gasteiger partial charge < -0.3 is 19.5 Å². The third kappa shape index (κ3) is 6.11. The number of aliphatic imine (C=N–C) groups is 1. The zero-order chi connectivity index (χ0) is 16.9. The van der Waals surface area contributed by atoms with Crippen molar-refractivity contribution < 1.29 is 4.74 Å². The molecule has 5 nitrogen and oxygen atoms in total. The molecule has 1 saturated carbocycles. The van der Waals surface area contributed by atoms with E-state index in [4.69, 9.17) is 21.3 Å². The monoisotopic (exact) mass is 468 g/mol. The molecule has 0 unspecified atom stereocenters. The molecule has 1 heterocycles. The van der Waals surface area contributed by atoms with E-state index in [1.54, 1.807) is 7.11 Å². The van der Waals surface area contributed by atoms with Crippen LogP contribution in [0.5, 0.6) is 0 Å². The van der Waals surface area contributed by atoms with E-state index in [0.29, 0.717) is 5.41 Å². The van der Waals surface area contributed by atoms with E-state index in [1.807, 2.05) is 19.3 Å². The molecule has 0 spiro atoms. The van der Waals surface area contributed by atoms with Crippen LogP contribution in [0.1, 0.15) is 31.9 Å². The smallest absolute Gasteiger partial charge is 0.194 e. The lowest BCUT2D eigenvalue weighted by atomic mass is 10.0. The molecule has 0 atom stereocenters. The molecule has 1 aromatic heterocycles. The van der Waals surface area contributed by atoms with E-state index in [9.17, 15) is 0 Å². The number of hydrogen-bond donors (Lipinski definition) is 1. The molecule has 0 amide bonds. The first-order valence-electron chi connectivity index (χ1n) is 8.29. The molecule has 138 valence electrons. The second-order valence-corrected chi connectivity index (χ2v) is 6.97. The van der Waals surface area contributed by atoms with Gasteiger partial charge in [0.1, 0.15) is 0 Å². The summed E-state index contributed by atoms with van der Waals surface area (Å²) in [7, 11) is 5.85. The Morgan fingerprint density at radius 1 is 1.50 bits per heavy atom. The van der Waals surface area contributed by atoms with Crippen molar-refractivity contribution in [2.45, 2.75) is 32.7 Å². The van der Waals surface area contributed by atoms with Crippen molar-refractivity contribution >= 4 is 41.5 Å². The summed E-state index contributed by atoms with van der Waals surface area (Å²) < 4.78 is 7.28. The first-order valence-corrected chi connectivity index (χ1v) is 8.66. The lowest BCUT2D eigenvalue weighted by Crippen LogP contribution is -2.39. The van der Waals surface area contributed by atoms with Gasteiger partial charge in [0.2, 0.25) is 0 Å². The Morgan fingerprint density at radius 3 is 2.71 bits per heavy atom. The van der Waals surface area contributed by atoms with Crippen LogP contribution in [0.3, 0.4) is 0 Å². The summed E-state index contributed by atoms with van der Waals surface area (Å²) in [5, 5.41) is 4.16. The Morgan fingerprint density at radius 2 is 2.21 bits per heavy atom. The Balaban J connectivity index is 0.00000288. The van der Waals surface area contributed by atoms with Gasteiger partial charge in [-0.2, -0.15) is 0 Å². The standard InChI is InChI=1S/C17H29ClN4O.HI/c1-5-19-16(20-13-17(6-7-17)8-9-23-4)22(3)12-15-10-14(18)11-21(15)2;/h10-11H,5-9,12-13H2,1-4H3,(H,19,20);1H. The minimum atomic E-state index is 0. The molecule has 2 rings (SSSR count). The SMILES string of the molecule is CCNC(=NCC1(CCOC)CC1)N(C)Cc1cc(Cl)cn1C.I. The normalized spacial score (nSPS) is 15.8. The molecular weight excluding hydrogens is 439 g/mol. The van der Waals surface area contributed by atoms with Gasteiger partial charge in [-0.05, 0) is 37.7 Å². The van der Waals surface area contributed by atoms with Gasteiger partial charge in [-0.15, -0.1) is 24.0 Å². The van der Waals surface area contributed by atoms with Crippen molar-refractivity contribution in [1.29, 1.82) is 0 Å². The van der Waals surface area contributed by atoms with Crippen LogP contribution in [0.2, 0.25) is 5.02 Å². The number of methoxy groups -OCH3 is 1. The maximum absolute atomic E-state index is 6.07. The number of halogens is 2. The van der Waals surface area contributed by atoms with Crippen LogP contribution in [-0.4, -0.2) is 49.3 Å². The fraction of sp³-hybridized carbons (Fsp3) is 0.706. The summed E-state index contributed by atoms with van der Waals surface area (Å²) in [6.07, 6.45) is 5.55. The van der Waals surface area contributed by atoms with E-state index in [1.165, 1.54) is 18.5 Å². The summed E-state index contributed by atoms with van der Waals surface area (Å²) in [5.74, 6) is 0.952. The van der Waals surface area contributed by atoms with Gasteiger partial charge in [-0.25, -0.2) is 0 Å². The molecule has 7 heteroatoms. The first-order chi connectivity index (χ1) is 11.0. The summed E-state index contributed by atoms with van der Waals surface area (Å²) in [4.78, 5) is 7.02. The van der Waals surface area contributed by atoms with Crippen molar-refractivity contribution in [3.8, 4) is 0 Å². The molecule has 0 bridgehead atoms. The van der Waals surface area contributed by atoms with Crippen LogP contribution in [0.15, 0.2) is 17.3 Å². The maximum Gasteiger partial charge on any atom is 0.194 e. The maximum atomic E-state index is 6.07. The number of nitrogens with one attached hydrogen (secondary N) is 1. The molecule has 0 aliphatic heterocycles. The number of hydrogen-bond acceptors (Lipinski definition) is 2. The van der Waals surface area contributed by atoms with Crippen LogP contribution in [0.25, 0.3) is 0 Å². The fourth-order valence-corrected chi connectivity index (χ4v) is 3.01. The third-order valence-corrected chi connectivity index (χ3v) is 4.73. The van der Waals surface area contributed by atoms with E-state index >= 15 is 0 Å². The minimum Gasteiger partial charge on any atom is -0.385 e. The van der Waals surface area contributed by atoms with Gasteiger partial charge >= 0.3 is 0 Å². The average molecular weight is 469 g/mol. The highest BCUT2D eigenvalue weighted by Crippen LogP contribution is 2.49. The van der Waals surface area contributed by atoms with E-state index in [2.05, 4.69) is 28.8 Å². The Hall–Kier alpha value is -0.470. The summed E-state index contributed by atoms with van der Waals surface area (Å²) in [6, 6.07) is 2.00. The highest BCUT2D eigenvalue weighted by Gasteiger charge is 2.41. The third-order valence-electron chi connectivity index (χ3n) is 4.53. The summed E-state index contributed by atoms with van der Waals surface area (Å²) in [6.45, 7) is 5.43. The molecular formula is C17H30ClIN4O. The highest BCUT2D eigenvalue weighted by molar-refractivity contribution is 14.0. The van der Waals surface area contributed by atoms with Crippen LogP contribution in [-0.2, 0) is 18.3 Å². The average Bonchev–Trinajstić information content (AvgIpc) is 3.21. The molecule has 1 aliphatic rings. The van der Waals surface area contributed by atoms with E-state index in [0.717, 1.165) is 43.6 Å². The Labute approximate surface area is 167 Å². The quantitative estimate of drug-likeness (QED) is 0.361. The number of rotatable bonds is 8. The summed E-state index contributed by atoms with van der Waals surface area (Å²) in [5.41, 5.74) is 1.54. The van der Waals surface area contributed by atoms with Crippen molar-refractivity contribution in [3.05, 3.63) is 23.0 Å². The lowest BCUT2D eigenvalue weighted by molar-refractivity contribution is 0.174. The fourth-order valence-electron chi connectivity index (χ4n) is 2.74. The van der Waals surface area contributed by atoms with E-state index in [-0.39, 0.29) is 24.0 Å². The minimum absolute atomic E-state index is 0. The second kappa shape index (κ2) is 9.87. The van der Waals surface area contributed by atoms with Crippen molar-refractivity contribution in [2.24, 2.45) is 17.5 Å². The lowest BCUT2D eigenvalue weighted by Gasteiger charge is -2.23. The van der Waals surface area contributed by atoms with Gasteiger partial charge in [-0.1, -0.05) is 11.6 Å². The van der Waals surface area contributed by atoms with E-state index < -0.39 is 0 Å². The number of ether oxygens (including phenoxy) is 1. The molecule has 1 aliphatic carbocycles. The Bertz CT molecular complexity index is 543. The predicted octanol–water partition coefficient (Wildman–Crippen LogP) is 3.51. The number of aromatic nitrogens is 1. The summed E-state index contributed by atoms with van der Waals surface area (Å²) >= 11 is 6.07. The molecule has 1 fully saturated rings. The molecule has 0 aromatic carbocycles. The number of guanidine groups is 1. The first kappa shape index (κ1) is 21.6. The number of nitrogens with zero attached hydrogens (tertiary/aromatic N) is 3. The van der Waals surface area contributed by atoms with Gasteiger partial charge in [0.15, 0.2) is 5.96 Å². The zero-order valence-electron chi connectivity index (χ0n) is 15.1. The molecule has 24 heavy (non-hydrogen) atoms. The molecule has 1 aromatic rings. The van der Waals surface area contributed by atoms with Crippen LogP contribution < -0.4 is 5.32 Å². The largest absolute Gasteiger partial charge is 0.385 e. The van der Waals surface area contributed by atoms with Gasteiger partial charge in [0.25, 0.3) is 0 Å². The molecule has 0 saturated heterocycles. The predicted molar refractivity (Wildman–Crippen MR) is 111 cm³/mol. The topological polar surface area (TPSA) is 41.8 Å². The van der Waals surface area contributed by atoms with Gasteiger partial charge in [0.05, 0.1) is 11.6 Å². The number of aryl methyl sites for hydroxylation is 1. The van der Waals surface area contributed by atoms with Gasteiger partial charge in [0, 0.05) is 52.8 Å².